The van der Waals surface area contributed by atoms with Crippen LogP contribution in [-0.2, 0) is 4.79 Å². The smallest absolute Gasteiger partial charge is 0.328 e. The minimum absolute atomic E-state index is 0.304. The number of hydrogen-bond acceptors (Lipinski definition) is 3. The lowest BCUT2D eigenvalue weighted by atomic mass is 10.1. The fourth-order valence-electron chi connectivity index (χ4n) is 1.41. The van der Waals surface area contributed by atoms with Gasteiger partial charge in [-0.1, -0.05) is 15.9 Å². The number of halogens is 1. The second-order valence-electron chi connectivity index (χ2n) is 3.18. The van der Waals surface area contributed by atoms with Crippen LogP contribution in [0.3, 0.4) is 0 Å². The highest BCUT2D eigenvalue weighted by Gasteiger charge is 2.05. The number of fused-ring (bicyclic) bond motifs is 1. The maximum atomic E-state index is 10.4. The van der Waals surface area contributed by atoms with Crippen LogP contribution in [0.2, 0.25) is 0 Å². The van der Waals surface area contributed by atoms with Crippen molar-refractivity contribution in [3.63, 3.8) is 0 Å². The third-order valence-corrected chi connectivity index (χ3v) is 2.46. The van der Waals surface area contributed by atoms with Crippen LogP contribution in [0, 0.1) is 0 Å². The predicted octanol–water partition coefficient (Wildman–Crippen LogP) is 2.01. The summed E-state index contributed by atoms with van der Waals surface area (Å²) in [7, 11) is 0. The Balaban J connectivity index is 2.62. The molecule has 0 fully saturated rings. The van der Waals surface area contributed by atoms with Gasteiger partial charge in [-0.15, -0.1) is 0 Å². The highest BCUT2D eigenvalue weighted by atomic mass is 79.9. The third-order valence-electron chi connectivity index (χ3n) is 2.00. The van der Waals surface area contributed by atoms with E-state index in [-0.39, 0.29) is 0 Å². The molecule has 0 spiro atoms. The molecule has 2 aromatic rings. The summed E-state index contributed by atoms with van der Waals surface area (Å²) in [5.41, 5.74) is 7.65. The molecule has 16 heavy (non-hydrogen) atoms. The number of aromatic amines is 1. The molecule has 0 saturated carbocycles. The van der Waals surface area contributed by atoms with E-state index in [0.717, 1.165) is 16.1 Å². The van der Waals surface area contributed by atoms with Crippen LogP contribution in [0.5, 0.6) is 0 Å². The van der Waals surface area contributed by atoms with Gasteiger partial charge in [0, 0.05) is 16.1 Å². The molecular weight excluding hydrogens is 274 g/mol. The van der Waals surface area contributed by atoms with Crippen LogP contribution in [0.1, 0.15) is 5.56 Å². The Labute approximate surface area is 99.1 Å². The zero-order valence-corrected chi connectivity index (χ0v) is 9.65. The Morgan fingerprint density at radius 3 is 3.00 bits per heavy atom. The fraction of sp³-hybridized carbons (Fsp3) is 0. The first kappa shape index (κ1) is 10.7. The van der Waals surface area contributed by atoms with Crippen LogP contribution in [0.4, 0.5) is 5.95 Å². The van der Waals surface area contributed by atoms with Crippen molar-refractivity contribution in [2.24, 2.45) is 0 Å². The van der Waals surface area contributed by atoms with E-state index in [0.29, 0.717) is 17.0 Å². The van der Waals surface area contributed by atoms with Crippen molar-refractivity contribution in [3.8, 4) is 0 Å². The Morgan fingerprint density at radius 2 is 2.31 bits per heavy atom. The number of H-pyrrole nitrogens is 1. The fourth-order valence-corrected chi connectivity index (χ4v) is 1.89. The lowest BCUT2D eigenvalue weighted by molar-refractivity contribution is -0.131. The maximum absolute atomic E-state index is 10.4. The molecule has 0 bridgehead atoms. The number of anilines is 1. The molecule has 4 N–H and O–H groups in total. The number of nitrogens with zero attached hydrogens (tertiary/aromatic N) is 1. The first-order chi connectivity index (χ1) is 7.56. The summed E-state index contributed by atoms with van der Waals surface area (Å²) < 4.78 is 0.827. The zero-order valence-electron chi connectivity index (χ0n) is 8.07. The largest absolute Gasteiger partial charge is 0.478 e. The molecule has 82 valence electrons. The summed E-state index contributed by atoms with van der Waals surface area (Å²) in [6.07, 6.45) is 2.54. The summed E-state index contributed by atoms with van der Waals surface area (Å²) in [5, 5.41) is 8.57. The number of hydrogen-bond donors (Lipinski definition) is 3. The molecule has 6 heteroatoms. The van der Waals surface area contributed by atoms with Gasteiger partial charge in [0.25, 0.3) is 0 Å². The van der Waals surface area contributed by atoms with Crippen molar-refractivity contribution >= 4 is 45.0 Å². The standard InChI is InChI=1S/C10H8BrN3O2/c11-6-3-5(1-2-8(15)16)9-7(4-6)13-10(12)14-9/h1-4H,(H,15,16)(H3,12,13,14)/b2-1+. The molecule has 1 aromatic carbocycles. The number of aliphatic carboxylic acids is 1. The van der Waals surface area contributed by atoms with Crippen molar-refractivity contribution in [1.29, 1.82) is 0 Å². The van der Waals surface area contributed by atoms with Gasteiger partial charge in [-0.3, -0.25) is 0 Å². The molecule has 0 aliphatic rings. The number of carbonyl (C=O) groups is 1. The summed E-state index contributed by atoms with van der Waals surface area (Å²) >= 11 is 3.33. The number of rotatable bonds is 2. The molecule has 2 rings (SSSR count). The number of carboxylic acid groups (broad SMARTS) is 1. The van der Waals surface area contributed by atoms with Gasteiger partial charge in [-0.25, -0.2) is 9.78 Å². The number of carboxylic acids is 1. The van der Waals surface area contributed by atoms with E-state index in [1.54, 1.807) is 6.07 Å². The normalized spacial score (nSPS) is 11.3. The second kappa shape index (κ2) is 3.97. The van der Waals surface area contributed by atoms with Crippen molar-refractivity contribution in [3.05, 3.63) is 28.2 Å². The van der Waals surface area contributed by atoms with E-state index in [2.05, 4.69) is 25.9 Å². The Morgan fingerprint density at radius 1 is 1.56 bits per heavy atom. The molecule has 0 radical (unpaired) electrons. The third kappa shape index (κ3) is 2.06. The van der Waals surface area contributed by atoms with E-state index in [9.17, 15) is 4.79 Å². The lowest BCUT2D eigenvalue weighted by Gasteiger charge is -1.96. The summed E-state index contributed by atoms with van der Waals surface area (Å²) in [4.78, 5) is 17.4. The minimum Gasteiger partial charge on any atom is -0.478 e. The second-order valence-corrected chi connectivity index (χ2v) is 4.10. The SMILES string of the molecule is Nc1nc2c(/C=C/C(=O)O)cc(Br)cc2[nH]1. The van der Waals surface area contributed by atoms with Gasteiger partial charge in [0.15, 0.2) is 5.95 Å². The van der Waals surface area contributed by atoms with Crippen LogP contribution in [0.15, 0.2) is 22.7 Å². The lowest BCUT2D eigenvalue weighted by Crippen LogP contribution is -1.87. The summed E-state index contributed by atoms with van der Waals surface area (Å²) in [6.45, 7) is 0. The van der Waals surface area contributed by atoms with E-state index < -0.39 is 5.97 Å². The van der Waals surface area contributed by atoms with Crippen molar-refractivity contribution < 1.29 is 9.90 Å². The number of nitrogens with one attached hydrogen (secondary N) is 1. The van der Waals surface area contributed by atoms with Gasteiger partial charge in [-0.2, -0.15) is 0 Å². The van der Waals surface area contributed by atoms with Gasteiger partial charge in [0.05, 0.1) is 11.0 Å². The first-order valence-corrected chi connectivity index (χ1v) is 5.21. The average Bonchev–Trinajstić information content (AvgIpc) is 2.54. The summed E-state index contributed by atoms with van der Waals surface area (Å²) in [5.74, 6) is -0.699. The first-order valence-electron chi connectivity index (χ1n) is 4.42. The highest BCUT2D eigenvalue weighted by molar-refractivity contribution is 9.10. The predicted molar refractivity (Wildman–Crippen MR) is 64.9 cm³/mol. The number of imidazole rings is 1. The molecule has 0 aliphatic heterocycles. The van der Waals surface area contributed by atoms with E-state index in [4.69, 9.17) is 10.8 Å². The van der Waals surface area contributed by atoms with Gasteiger partial charge in [0.1, 0.15) is 0 Å². The molecule has 0 saturated heterocycles. The highest BCUT2D eigenvalue weighted by Crippen LogP contribution is 2.24. The van der Waals surface area contributed by atoms with Crippen molar-refractivity contribution in [1.82, 2.24) is 9.97 Å². The molecule has 0 aliphatic carbocycles. The van der Waals surface area contributed by atoms with Crippen molar-refractivity contribution in [2.45, 2.75) is 0 Å². The van der Waals surface area contributed by atoms with E-state index in [1.807, 2.05) is 6.07 Å². The van der Waals surface area contributed by atoms with E-state index in [1.165, 1.54) is 6.08 Å². The van der Waals surface area contributed by atoms with Crippen LogP contribution < -0.4 is 5.73 Å². The number of aromatic nitrogens is 2. The Bertz CT molecular complexity index is 589. The van der Waals surface area contributed by atoms with Crippen molar-refractivity contribution in [2.75, 3.05) is 5.73 Å². The van der Waals surface area contributed by atoms with Gasteiger partial charge < -0.3 is 15.8 Å². The topological polar surface area (TPSA) is 92.0 Å². The Hall–Kier alpha value is -1.82. The van der Waals surface area contributed by atoms with E-state index >= 15 is 0 Å². The molecule has 1 aromatic heterocycles. The minimum atomic E-state index is -1.00. The van der Waals surface area contributed by atoms with Gasteiger partial charge in [0.2, 0.25) is 0 Å². The monoisotopic (exact) mass is 281 g/mol. The average molecular weight is 282 g/mol. The van der Waals surface area contributed by atoms with Crippen LogP contribution >= 0.6 is 15.9 Å². The number of nitrogen functional groups attached to an aromatic ring is 1. The zero-order chi connectivity index (χ0) is 11.7. The quantitative estimate of drug-likeness (QED) is 0.734. The molecule has 0 atom stereocenters. The molecule has 1 heterocycles. The molecule has 0 unspecified atom stereocenters. The van der Waals surface area contributed by atoms with Crippen LogP contribution in [-0.4, -0.2) is 21.0 Å². The number of nitrogens with two attached hydrogens (primary N) is 1. The summed E-state index contributed by atoms with van der Waals surface area (Å²) in [6, 6.07) is 3.61. The number of benzene rings is 1. The molecular formula is C10H8BrN3O2. The molecule has 0 amide bonds. The maximum Gasteiger partial charge on any atom is 0.328 e. The van der Waals surface area contributed by atoms with Crippen LogP contribution in [0.25, 0.3) is 17.1 Å². The van der Waals surface area contributed by atoms with Gasteiger partial charge in [-0.05, 0) is 18.2 Å². The van der Waals surface area contributed by atoms with Gasteiger partial charge >= 0.3 is 5.97 Å². The Kier molecular flexibility index (Phi) is 2.66. The molecule has 5 nitrogen and oxygen atoms in total.